The van der Waals surface area contributed by atoms with Crippen molar-refractivity contribution in [3.8, 4) is 0 Å². The van der Waals surface area contributed by atoms with E-state index in [-0.39, 0.29) is 11.5 Å². The van der Waals surface area contributed by atoms with Crippen molar-refractivity contribution < 1.29 is 9.18 Å². The minimum Gasteiger partial charge on any atom is -0.371 e. The quantitative estimate of drug-likeness (QED) is 0.804. The first-order valence-electron chi connectivity index (χ1n) is 7.86. The number of rotatable bonds is 3. The summed E-state index contributed by atoms with van der Waals surface area (Å²) in [6, 6.07) is 6.35. The van der Waals surface area contributed by atoms with Crippen molar-refractivity contribution in [2.45, 2.75) is 12.8 Å². The van der Waals surface area contributed by atoms with Gasteiger partial charge in [-0.25, -0.2) is 14.4 Å². The molecule has 4 rings (SSSR count). The number of anilines is 2. The number of hydrogen-bond donors (Lipinski definition) is 1. The van der Waals surface area contributed by atoms with Gasteiger partial charge in [-0.1, -0.05) is 0 Å². The second-order valence-electron chi connectivity index (χ2n) is 5.80. The van der Waals surface area contributed by atoms with E-state index in [2.05, 4.69) is 20.2 Å². The first kappa shape index (κ1) is 14.6. The fourth-order valence-electron chi connectivity index (χ4n) is 2.94. The van der Waals surface area contributed by atoms with Gasteiger partial charge in [0, 0.05) is 43.1 Å². The van der Waals surface area contributed by atoms with E-state index in [1.165, 1.54) is 12.1 Å². The summed E-state index contributed by atoms with van der Waals surface area (Å²) < 4.78 is 15.6. The molecule has 1 N–H and O–H groups in total. The molecular formula is C17H16FN5O. The largest absolute Gasteiger partial charge is 0.371 e. The van der Waals surface area contributed by atoms with E-state index in [1.54, 1.807) is 35.1 Å². The number of imidazole rings is 1. The van der Waals surface area contributed by atoms with Crippen molar-refractivity contribution in [2.75, 3.05) is 23.3 Å². The summed E-state index contributed by atoms with van der Waals surface area (Å²) in [5, 5.41) is 2.71. The molecule has 0 unspecified atom stereocenters. The molecule has 2 aromatic heterocycles. The lowest BCUT2D eigenvalue weighted by molar-refractivity contribution is 0.102. The van der Waals surface area contributed by atoms with E-state index < -0.39 is 5.91 Å². The number of carbonyl (C=O) groups excluding carboxylic acids is 1. The third kappa shape index (κ3) is 2.80. The molecule has 3 aromatic rings. The van der Waals surface area contributed by atoms with Crippen LogP contribution in [0.15, 0.2) is 42.9 Å². The molecule has 1 saturated heterocycles. The van der Waals surface area contributed by atoms with Gasteiger partial charge in [0.25, 0.3) is 5.91 Å². The maximum Gasteiger partial charge on any atom is 0.275 e. The number of nitrogens with zero attached hydrogens (tertiary/aromatic N) is 4. The Bertz CT molecular complexity index is 868. The van der Waals surface area contributed by atoms with Gasteiger partial charge in [0.05, 0.1) is 0 Å². The van der Waals surface area contributed by atoms with Crippen molar-refractivity contribution in [3.63, 3.8) is 0 Å². The summed E-state index contributed by atoms with van der Waals surface area (Å²) in [6.45, 7) is 1.82. The van der Waals surface area contributed by atoms with Crippen molar-refractivity contribution in [1.82, 2.24) is 14.4 Å². The molecule has 1 aliphatic heterocycles. The van der Waals surface area contributed by atoms with E-state index in [0.717, 1.165) is 31.6 Å². The molecule has 24 heavy (non-hydrogen) atoms. The Labute approximate surface area is 138 Å². The molecule has 122 valence electrons. The molecule has 0 bridgehead atoms. The van der Waals surface area contributed by atoms with Crippen LogP contribution in [0.4, 0.5) is 15.8 Å². The molecule has 6 nitrogen and oxygen atoms in total. The molecule has 0 radical (unpaired) electrons. The Morgan fingerprint density at radius 2 is 2.04 bits per heavy atom. The van der Waals surface area contributed by atoms with Crippen molar-refractivity contribution >= 4 is 23.1 Å². The highest BCUT2D eigenvalue weighted by Crippen LogP contribution is 2.25. The van der Waals surface area contributed by atoms with Gasteiger partial charge in [-0.15, -0.1) is 0 Å². The lowest BCUT2D eigenvalue weighted by Crippen LogP contribution is -2.18. The minimum absolute atomic E-state index is 0.237. The van der Waals surface area contributed by atoms with E-state index in [1.807, 2.05) is 0 Å². The molecule has 0 aliphatic carbocycles. The number of nitrogens with one attached hydrogen (secondary N) is 1. The maximum absolute atomic E-state index is 13.9. The van der Waals surface area contributed by atoms with E-state index >= 15 is 0 Å². The zero-order valence-corrected chi connectivity index (χ0v) is 12.9. The number of halogens is 1. The number of hydrogen-bond acceptors (Lipinski definition) is 4. The van der Waals surface area contributed by atoms with Crippen molar-refractivity contribution in [3.05, 3.63) is 54.4 Å². The molecule has 1 amide bonds. The number of amides is 1. The van der Waals surface area contributed by atoms with Crippen LogP contribution in [0.25, 0.3) is 5.78 Å². The van der Waals surface area contributed by atoms with Crippen molar-refractivity contribution in [1.29, 1.82) is 0 Å². The second kappa shape index (κ2) is 5.92. The predicted octanol–water partition coefficient (Wildman–Crippen LogP) is 2.72. The van der Waals surface area contributed by atoms with Gasteiger partial charge < -0.3 is 10.2 Å². The predicted molar refractivity (Wildman–Crippen MR) is 88.8 cm³/mol. The van der Waals surface area contributed by atoms with Crippen LogP contribution in [-0.4, -0.2) is 33.4 Å². The summed E-state index contributed by atoms with van der Waals surface area (Å²) in [7, 11) is 0. The highest BCUT2D eigenvalue weighted by atomic mass is 19.1. The fraction of sp³-hybridized carbons (Fsp3) is 0.235. The van der Waals surface area contributed by atoms with Gasteiger partial charge in [0.2, 0.25) is 5.78 Å². The molecule has 1 aromatic carbocycles. The average Bonchev–Trinajstić information content (AvgIpc) is 3.24. The van der Waals surface area contributed by atoms with E-state index in [4.69, 9.17) is 0 Å². The zero-order valence-electron chi connectivity index (χ0n) is 12.9. The average molecular weight is 325 g/mol. The summed E-state index contributed by atoms with van der Waals surface area (Å²) in [6.07, 6.45) is 7.18. The van der Waals surface area contributed by atoms with Crippen LogP contribution < -0.4 is 10.2 Å². The first-order valence-corrected chi connectivity index (χ1v) is 7.86. The van der Waals surface area contributed by atoms with Crippen LogP contribution in [0.2, 0.25) is 0 Å². The van der Waals surface area contributed by atoms with Crippen molar-refractivity contribution in [2.24, 2.45) is 0 Å². The molecule has 3 heterocycles. The molecule has 0 saturated carbocycles. The van der Waals surface area contributed by atoms with Crippen LogP contribution in [0.1, 0.15) is 23.3 Å². The third-order valence-electron chi connectivity index (χ3n) is 4.08. The van der Waals surface area contributed by atoms with Crippen LogP contribution in [0, 0.1) is 5.82 Å². The number of benzene rings is 1. The molecule has 1 aliphatic rings. The first-order chi connectivity index (χ1) is 11.7. The Kier molecular flexibility index (Phi) is 3.60. The van der Waals surface area contributed by atoms with Crippen LogP contribution in [-0.2, 0) is 0 Å². The Morgan fingerprint density at radius 3 is 2.83 bits per heavy atom. The maximum atomic E-state index is 13.9. The van der Waals surface area contributed by atoms with Gasteiger partial charge in [0.15, 0.2) is 0 Å². The Balaban J connectivity index is 1.58. The lowest BCUT2D eigenvalue weighted by Gasteiger charge is -2.18. The normalized spacial score (nSPS) is 14.3. The van der Waals surface area contributed by atoms with Gasteiger partial charge in [0.1, 0.15) is 11.5 Å². The highest BCUT2D eigenvalue weighted by molar-refractivity contribution is 6.03. The van der Waals surface area contributed by atoms with Gasteiger partial charge >= 0.3 is 0 Å². The van der Waals surface area contributed by atoms with Crippen LogP contribution >= 0.6 is 0 Å². The number of aromatic nitrogens is 3. The van der Waals surface area contributed by atoms with Gasteiger partial charge in [-0.3, -0.25) is 9.20 Å². The smallest absolute Gasteiger partial charge is 0.275 e. The monoisotopic (exact) mass is 325 g/mol. The summed E-state index contributed by atoms with van der Waals surface area (Å²) in [4.78, 5) is 22.7. The lowest BCUT2D eigenvalue weighted by atomic mass is 10.2. The number of fused-ring (bicyclic) bond motifs is 1. The molecule has 0 spiro atoms. The topological polar surface area (TPSA) is 62.5 Å². The molecule has 1 fully saturated rings. The summed E-state index contributed by atoms with van der Waals surface area (Å²) >= 11 is 0. The van der Waals surface area contributed by atoms with E-state index in [0.29, 0.717) is 11.5 Å². The summed E-state index contributed by atoms with van der Waals surface area (Å²) in [5.74, 6) is -0.315. The Hall–Kier alpha value is -2.96. The van der Waals surface area contributed by atoms with Crippen LogP contribution in [0.3, 0.4) is 0 Å². The van der Waals surface area contributed by atoms with Crippen LogP contribution in [0.5, 0.6) is 0 Å². The summed E-state index contributed by atoms with van der Waals surface area (Å²) in [5.41, 5.74) is 1.45. The third-order valence-corrected chi connectivity index (χ3v) is 4.08. The molecule has 0 atom stereocenters. The Morgan fingerprint density at radius 1 is 1.21 bits per heavy atom. The second-order valence-corrected chi connectivity index (χ2v) is 5.80. The van der Waals surface area contributed by atoms with E-state index in [9.17, 15) is 9.18 Å². The fourth-order valence-corrected chi connectivity index (χ4v) is 2.94. The van der Waals surface area contributed by atoms with Gasteiger partial charge in [-0.2, -0.15) is 0 Å². The molecule has 7 heteroatoms. The SMILES string of the molecule is O=C(Nc1cc(F)cc(N2CCCC2)c1)c1cn2cccnc2n1. The zero-order chi connectivity index (χ0) is 16.5. The molecular weight excluding hydrogens is 309 g/mol. The minimum atomic E-state index is -0.390. The number of carbonyl (C=O) groups is 1. The highest BCUT2D eigenvalue weighted by Gasteiger charge is 2.16. The standard InChI is InChI=1S/C17H16FN5O/c18-12-8-13(10-14(9-12)22-5-1-2-6-22)20-16(24)15-11-23-7-3-4-19-17(23)21-15/h3-4,7-11H,1-2,5-6H2,(H,20,24). The van der Waals surface area contributed by atoms with Gasteiger partial charge in [-0.05, 0) is 37.1 Å².